The number of allylic oxidation sites excluding steroid dienone is 2. The molecule has 8 heteroatoms. The Morgan fingerprint density at radius 3 is 2.15 bits per heavy atom. The van der Waals surface area contributed by atoms with E-state index in [-0.39, 0.29) is 24.3 Å². The largest absolute Gasteiger partial charge is 0.358 e. The maximum absolute atomic E-state index is 14.4. The minimum absolute atomic E-state index is 0.281. The molecule has 2 heterocycles. The van der Waals surface area contributed by atoms with Crippen LogP contribution in [0.2, 0.25) is 0 Å². The molecule has 2 aromatic rings. The molecule has 0 saturated carbocycles. The fourth-order valence-corrected chi connectivity index (χ4v) is 5.94. The van der Waals surface area contributed by atoms with Gasteiger partial charge in [-0.05, 0) is 37.9 Å². The molecule has 0 radical (unpaired) electrons. The number of rotatable bonds is 11. The average molecular weight is 545 g/mol. The standard InChI is InChI=1S/C32H40N4O4/c1-5-18-32(19-6-2)21-26-36(31(39)25(17-20-40-26)34-29(37)22(3)33-4)28(32)30(38)35-27(23-13-9-7-10-14-23)24-15-11-8-12-16-24/h5-16,22,25-28,33H,1-2,17-21H2,3-4H3,(H,34,37)(H,35,38)/t22?,25-,26?,28?/m0/s1. The highest BCUT2D eigenvalue weighted by Gasteiger charge is 2.58. The Hall–Kier alpha value is -3.75. The van der Waals surface area contributed by atoms with Gasteiger partial charge in [0, 0.05) is 18.3 Å². The number of ether oxygens (including phenoxy) is 1. The van der Waals surface area contributed by atoms with Crippen molar-refractivity contribution in [1.29, 1.82) is 0 Å². The fraction of sp³-hybridized carbons (Fsp3) is 0.406. The number of nitrogens with one attached hydrogen (secondary N) is 3. The normalized spacial score (nSPS) is 22.6. The Kier molecular flexibility index (Phi) is 9.55. The molecule has 0 bridgehead atoms. The lowest BCUT2D eigenvalue weighted by Crippen LogP contribution is -2.59. The van der Waals surface area contributed by atoms with Crippen LogP contribution in [0.1, 0.15) is 49.8 Å². The van der Waals surface area contributed by atoms with Crippen LogP contribution in [0.5, 0.6) is 0 Å². The molecule has 2 aromatic carbocycles. The van der Waals surface area contributed by atoms with E-state index in [4.69, 9.17) is 4.74 Å². The highest BCUT2D eigenvalue weighted by Crippen LogP contribution is 2.48. The second-order valence-electron chi connectivity index (χ2n) is 10.6. The van der Waals surface area contributed by atoms with Gasteiger partial charge in [-0.15, -0.1) is 13.2 Å². The van der Waals surface area contributed by atoms with Crippen LogP contribution in [0.25, 0.3) is 0 Å². The van der Waals surface area contributed by atoms with Crippen LogP contribution in [0.3, 0.4) is 0 Å². The van der Waals surface area contributed by atoms with E-state index in [2.05, 4.69) is 29.1 Å². The maximum atomic E-state index is 14.4. The molecule has 4 rings (SSSR count). The number of carbonyl (C=O) groups is 3. The van der Waals surface area contributed by atoms with Gasteiger partial charge in [-0.1, -0.05) is 72.8 Å². The average Bonchev–Trinajstić information content (AvgIpc) is 3.21. The quantitative estimate of drug-likeness (QED) is 0.376. The molecule has 40 heavy (non-hydrogen) atoms. The van der Waals surface area contributed by atoms with Gasteiger partial charge in [0.1, 0.15) is 18.3 Å². The lowest BCUT2D eigenvalue weighted by molar-refractivity contribution is -0.150. The molecule has 2 aliphatic heterocycles. The van der Waals surface area contributed by atoms with Crippen molar-refractivity contribution >= 4 is 17.7 Å². The van der Waals surface area contributed by atoms with Crippen LogP contribution < -0.4 is 16.0 Å². The smallest absolute Gasteiger partial charge is 0.247 e. The number of hydrogen-bond acceptors (Lipinski definition) is 5. The van der Waals surface area contributed by atoms with Crippen LogP contribution in [-0.2, 0) is 19.1 Å². The number of hydrogen-bond donors (Lipinski definition) is 3. The van der Waals surface area contributed by atoms with Crippen molar-refractivity contribution in [3.63, 3.8) is 0 Å². The summed E-state index contributed by atoms with van der Waals surface area (Å²) in [4.78, 5) is 42.8. The fourth-order valence-electron chi connectivity index (χ4n) is 5.94. The Balaban J connectivity index is 1.73. The highest BCUT2D eigenvalue weighted by atomic mass is 16.5. The van der Waals surface area contributed by atoms with E-state index in [0.29, 0.717) is 25.7 Å². The second-order valence-corrected chi connectivity index (χ2v) is 10.6. The van der Waals surface area contributed by atoms with Crippen molar-refractivity contribution in [1.82, 2.24) is 20.9 Å². The summed E-state index contributed by atoms with van der Waals surface area (Å²) in [6, 6.07) is 17.0. The van der Waals surface area contributed by atoms with E-state index in [1.807, 2.05) is 60.7 Å². The monoisotopic (exact) mass is 544 g/mol. The molecular weight excluding hydrogens is 504 g/mol. The minimum Gasteiger partial charge on any atom is -0.358 e. The van der Waals surface area contributed by atoms with E-state index in [1.54, 1.807) is 31.0 Å². The molecule has 0 aromatic heterocycles. The van der Waals surface area contributed by atoms with Gasteiger partial charge in [-0.3, -0.25) is 14.4 Å². The molecular formula is C32H40N4O4. The number of likely N-dealkylation sites (N-methyl/N-ethyl adjacent to an activating group) is 1. The molecule has 0 spiro atoms. The Morgan fingerprint density at radius 1 is 1.05 bits per heavy atom. The first-order valence-corrected chi connectivity index (χ1v) is 13.9. The molecule has 3 N–H and O–H groups in total. The molecule has 8 nitrogen and oxygen atoms in total. The van der Waals surface area contributed by atoms with Gasteiger partial charge >= 0.3 is 0 Å². The Morgan fingerprint density at radius 2 is 1.62 bits per heavy atom. The van der Waals surface area contributed by atoms with Crippen molar-refractivity contribution in [3.8, 4) is 0 Å². The summed E-state index contributed by atoms with van der Waals surface area (Å²) in [5, 5.41) is 9.04. The maximum Gasteiger partial charge on any atom is 0.247 e. The molecule has 2 saturated heterocycles. The van der Waals surface area contributed by atoms with Crippen molar-refractivity contribution in [2.24, 2.45) is 5.41 Å². The first-order chi connectivity index (χ1) is 19.3. The third-order valence-electron chi connectivity index (χ3n) is 8.06. The number of nitrogens with zero attached hydrogens (tertiary/aromatic N) is 1. The van der Waals surface area contributed by atoms with E-state index < -0.39 is 35.8 Å². The molecule has 3 amide bonds. The number of carbonyl (C=O) groups excluding carboxylic acids is 3. The Bertz CT molecular complexity index is 1150. The number of amides is 3. The zero-order valence-corrected chi connectivity index (χ0v) is 23.3. The van der Waals surface area contributed by atoms with E-state index >= 15 is 0 Å². The Labute approximate surface area is 236 Å². The van der Waals surface area contributed by atoms with Crippen molar-refractivity contribution in [2.45, 2.75) is 63.0 Å². The van der Waals surface area contributed by atoms with Crippen LogP contribution in [-0.4, -0.2) is 60.6 Å². The van der Waals surface area contributed by atoms with Crippen LogP contribution in [0.4, 0.5) is 0 Å². The van der Waals surface area contributed by atoms with Gasteiger partial charge in [-0.2, -0.15) is 0 Å². The molecule has 0 aliphatic carbocycles. The summed E-state index contributed by atoms with van der Waals surface area (Å²) in [6.07, 6.45) is 4.77. The van der Waals surface area contributed by atoms with Crippen molar-refractivity contribution in [2.75, 3.05) is 13.7 Å². The van der Waals surface area contributed by atoms with Gasteiger partial charge in [-0.25, -0.2) is 0 Å². The van der Waals surface area contributed by atoms with Gasteiger partial charge in [0.15, 0.2) is 0 Å². The molecule has 4 atom stereocenters. The predicted molar refractivity (Wildman–Crippen MR) is 155 cm³/mol. The van der Waals surface area contributed by atoms with Gasteiger partial charge < -0.3 is 25.6 Å². The lowest BCUT2D eigenvalue weighted by Gasteiger charge is -2.37. The number of benzene rings is 2. The first-order valence-electron chi connectivity index (χ1n) is 13.9. The van der Waals surface area contributed by atoms with Crippen molar-refractivity contribution in [3.05, 3.63) is 97.1 Å². The van der Waals surface area contributed by atoms with Gasteiger partial charge in [0.2, 0.25) is 17.7 Å². The van der Waals surface area contributed by atoms with Crippen molar-refractivity contribution < 1.29 is 19.1 Å². The lowest BCUT2D eigenvalue weighted by atomic mass is 9.73. The molecule has 3 unspecified atom stereocenters. The van der Waals surface area contributed by atoms with Crippen LogP contribution in [0, 0.1) is 5.41 Å². The van der Waals surface area contributed by atoms with E-state index in [0.717, 1.165) is 11.1 Å². The molecule has 2 aliphatic rings. The highest BCUT2D eigenvalue weighted by molar-refractivity contribution is 5.94. The minimum atomic E-state index is -0.852. The van der Waals surface area contributed by atoms with E-state index in [9.17, 15) is 14.4 Å². The van der Waals surface area contributed by atoms with Crippen LogP contribution in [0.15, 0.2) is 86.0 Å². The van der Waals surface area contributed by atoms with Crippen LogP contribution >= 0.6 is 0 Å². The summed E-state index contributed by atoms with van der Waals surface area (Å²) in [5.41, 5.74) is 1.20. The topological polar surface area (TPSA) is 99.8 Å². The zero-order chi connectivity index (χ0) is 28.7. The van der Waals surface area contributed by atoms with Gasteiger partial charge in [0.05, 0.1) is 18.7 Å². The molecule has 212 valence electrons. The third-order valence-corrected chi connectivity index (χ3v) is 8.06. The van der Waals surface area contributed by atoms with Gasteiger partial charge in [0.25, 0.3) is 0 Å². The number of fused-ring (bicyclic) bond motifs is 1. The van der Waals surface area contributed by atoms with E-state index in [1.165, 1.54) is 0 Å². The second kappa shape index (κ2) is 13.1. The summed E-state index contributed by atoms with van der Waals surface area (Å²) in [5.74, 6) is -0.877. The summed E-state index contributed by atoms with van der Waals surface area (Å²) in [7, 11) is 1.69. The summed E-state index contributed by atoms with van der Waals surface area (Å²) in [6.45, 7) is 9.95. The first kappa shape index (κ1) is 29.2. The predicted octanol–water partition coefficient (Wildman–Crippen LogP) is 3.47. The summed E-state index contributed by atoms with van der Waals surface area (Å²) < 4.78 is 6.19. The summed E-state index contributed by atoms with van der Waals surface area (Å²) >= 11 is 0. The zero-order valence-electron chi connectivity index (χ0n) is 23.3. The third kappa shape index (κ3) is 6.03. The molecule has 2 fully saturated rings. The SMILES string of the molecule is C=CCC1(CC=C)CC2OCC[C@H](NC(=O)C(C)NC)C(=O)N2C1C(=O)NC(c1ccccc1)c1ccccc1.